The molecule has 0 amide bonds. The first-order chi connectivity index (χ1) is 13.8. The van der Waals surface area contributed by atoms with Crippen LogP contribution in [-0.4, -0.2) is 53.6 Å². The molecule has 160 valence electrons. The number of rotatable bonds is 7. The van der Waals surface area contributed by atoms with Crippen LogP contribution in [0.4, 0.5) is 4.39 Å². The maximum absolute atomic E-state index is 14.3. The van der Waals surface area contributed by atoms with Gasteiger partial charge in [0, 0.05) is 32.5 Å². The monoisotopic (exact) mass is 514 g/mol. The molecular weight excluding hydrogens is 482 g/mol. The fourth-order valence-electron chi connectivity index (χ4n) is 3.55. The van der Waals surface area contributed by atoms with Crippen molar-refractivity contribution in [1.82, 2.24) is 25.1 Å². The molecule has 0 unspecified atom stereocenters. The number of nitrogens with zero attached hydrogens (tertiary/aromatic N) is 4. The molecule has 0 atom stereocenters. The second-order valence-electron chi connectivity index (χ2n) is 7.22. The smallest absolute Gasteiger partial charge is 0.191 e. The molecule has 1 aromatic heterocycles. The molecule has 0 radical (unpaired) electrons. The van der Waals surface area contributed by atoms with Crippen LogP contribution in [0.2, 0.25) is 0 Å². The highest BCUT2D eigenvalue weighted by Crippen LogP contribution is 2.15. The van der Waals surface area contributed by atoms with Crippen LogP contribution in [0.1, 0.15) is 37.7 Å². The summed E-state index contributed by atoms with van der Waals surface area (Å²) in [7, 11) is 1.76. The minimum absolute atomic E-state index is 0. The third kappa shape index (κ3) is 7.58. The number of likely N-dealkylation sites (tertiary alicyclic amines) is 1. The third-order valence-corrected chi connectivity index (χ3v) is 5.12. The zero-order valence-corrected chi connectivity index (χ0v) is 19.4. The van der Waals surface area contributed by atoms with Gasteiger partial charge in [0.05, 0.1) is 12.0 Å². The number of hydrogen-bond donors (Lipinski definition) is 2. The van der Waals surface area contributed by atoms with E-state index in [0.29, 0.717) is 12.2 Å². The molecule has 0 aliphatic carbocycles. The van der Waals surface area contributed by atoms with E-state index in [4.69, 9.17) is 0 Å². The van der Waals surface area contributed by atoms with E-state index < -0.39 is 0 Å². The maximum atomic E-state index is 14.3. The molecule has 0 saturated carbocycles. The summed E-state index contributed by atoms with van der Waals surface area (Å²) in [5.41, 5.74) is 1.37. The summed E-state index contributed by atoms with van der Waals surface area (Å²) in [6.45, 7) is 4.99. The van der Waals surface area contributed by atoms with Crippen molar-refractivity contribution in [1.29, 1.82) is 0 Å². The summed E-state index contributed by atoms with van der Waals surface area (Å²) >= 11 is 0. The molecule has 1 aromatic carbocycles. The number of imidazole rings is 1. The van der Waals surface area contributed by atoms with Gasteiger partial charge in [-0.2, -0.15) is 0 Å². The Hall–Kier alpha value is -1.68. The van der Waals surface area contributed by atoms with E-state index in [9.17, 15) is 4.39 Å². The molecule has 2 N–H and O–H groups in total. The Kier molecular flexibility index (Phi) is 10.4. The first-order valence-electron chi connectivity index (χ1n) is 10.2. The van der Waals surface area contributed by atoms with Gasteiger partial charge < -0.3 is 20.1 Å². The van der Waals surface area contributed by atoms with Gasteiger partial charge in [-0.25, -0.2) is 9.37 Å². The lowest BCUT2D eigenvalue weighted by Gasteiger charge is -2.20. The van der Waals surface area contributed by atoms with E-state index in [1.165, 1.54) is 38.8 Å². The van der Waals surface area contributed by atoms with Crippen molar-refractivity contribution < 1.29 is 4.39 Å². The summed E-state index contributed by atoms with van der Waals surface area (Å²) in [4.78, 5) is 10.8. The summed E-state index contributed by atoms with van der Waals surface area (Å²) in [6.07, 6.45) is 11.4. The quantitative estimate of drug-likeness (QED) is 0.257. The molecule has 1 fully saturated rings. The Labute approximate surface area is 190 Å². The molecule has 2 heterocycles. The SMILES string of the molecule is CN=C(NCCCN1CCCCCC1)NCc1ccc(-n2ccnc2)c(F)c1.I. The van der Waals surface area contributed by atoms with Crippen LogP contribution in [0, 0.1) is 5.82 Å². The average molecular weight is 514 g/mol. The molecular formula is C21H32FIN6. The van der Waals surface area contributed by atoms with E-state index >= 15 is 0 Å². The van der Waals surface area contributed by atoms with Gasteiger partial charge in [0.15, 0.2) is 5.96 Å². The number of aliphatic imine (C=N–C) groups is 1. The molecule has 2 aromatic rings. The number of aromatic nitrogens is 2. The number of halogens is 2. The predicted octanol–water partition coefficient (Wildman–Crippen LogP) is 3.56. The van der Waals surface area contributed by atoms with Crippen LogP contribution in [0.15, 0.2) is 41.9 Å². The van der Waals surface area contributed by atoms with Gasteiger partial charge in [-0.15, -0.1) is 24.0 Å². The van der Waals surface area contributed by atoms with Gasteiger partial charge >= 0.3 is 0 Å². The molecule has 1 aliphatic rings. The van der Waals surface area contributed by atoms with Crippen molar-refractivity contribution >= 4 is 29.9 Å². The van der Waals surface area contributed by atoms with Crippen molar-refractivity contribution in [3.63, 3.8) is 0 Å². The van der Waals surface area contributed by atoms with E-state index in [1.54, 1.807) is 42.5 Å². The Morgan fingerprint density at radius 1 is 1.17 bits per heavy atom. The van der Waals surface area contributed by atoms with Crippen LogP contribution in [-0.2, 0) is 6.54 Å². The highest BCUT2D eigenvalue weighted by atomic mass is 127. The van der Waals surface area contributed by atoms with Crippen LogP contribution >= 0.6 is 24.0 Å². The topological polar surface area (TPSA) is 57.5 Å². The molecule has 1 saturated heterocycles. The first kappa shape index (κ1) is 23.6. The molecule has 1 aliphatic heterocycles. The Morgan fingerprint density at radius 3 is 2.62 bits per heavy atom. The largest absolute Gasteiger partial charge is 0.356 e. The summed E-state index contributed by atoms with van der Waals surface area (Å²) < 4.78 is 16.0. The number of nitrogens with one attached hydrogen (secondary N) is 2. The minimum Gasteiger partial charge on any atom is -0.356 e. The molecule has 8 heteroatoms. The van der Waals surface area contributed by atoms with Gasteiger partial charge in [-0.3, -0.25) is 4.99 Å². The molecule has 0 spiro atoms. The highest BCUT2D eigenvalue weighted by Gasteiger charge is 2.09. The van der Waals surface area contributed by atoms with Crippen molar-refractivity contribution in [2.45, 2.75) is 38.6 Å². The predicted molar refractivity (Wildman–Crippen MR) is 127 cm³/mol. The normalized spacial score (nSPS) is 15.4. The standard InChI is InChI=1S/C21H31FN6.HI/c1-23-21(25-9-6-13-27-11-4-2-3-5-12-27)26-16-18-7-8-20(19(22)15-18)28-14-10-24-17-28;/h7-8,10,14-15,17H,2-6,9,11-13,16H2,1H3,(H2,23,25,26);1H. The zero-order chi connectivity index (χ0) is 19.6. The lowest BCUT2D eigenvalue weighted by molar-refractivity contribution is 0.282. The van der Waals surface area contributed by atoms with Crippen molar-refractivity contribution in [3.05, 3.63) is 48.3 Å². The second-order valence-corrected chi connectivity index (χ2v) is 7.22. The lowest BCUT2D eigenvalue weighted by Crippen LogP contribution is -2.38. The Morgan fingerprint density at radius 2 is 1.97 bits per heavy atom. The molecule has 0 bridgehead atoms. The fraction of sp³-hybridized carbons (Fsp3) is 0.524. The lowest BCUT2D eigenvalue weighted by atomic mass is 10.2. The summed E-state index contributed by atoms with van der Waals surface area (Å²) in [6, 6.07) is 5.23. The van der Waals surface area contributed by atoms with E-state index in [1.807, 2.05) is 6.07 Å². The number of hydrogen-bond acceptors (Lipinski definition) is 3. The van der Waals surface area contributed by atoms with Crippen molar-refractivity contribution in [2.24, 2.45) is 4.99 Å². The minimum atomic E-state index is -0.266. The van der Waals surface area contributed by atoms with E-state index in [2.05, 4.69) is 25.5 Å². The van der Waals surface area contributed by atoms with Gasteiger partial charge in [-0.05, 0) is 56.6 Å². The van der Waals surface area contributed by atoms with Crippen LogP contribution < -0.4 is 10.6 Å². The van der Waals surface area contributed by atoms with Gasteiger partial charge in [0.25, 0.3) is 0 Å². The summed E-state index contributed by atoms with van der Waals surface area (Å²) in [5, 5.41) is 6.60. The zero-order valence-electron chi connectivity index (χ0n) is 17.1. The Bertz CT molecular complexity index is 742. The first-order valence-corrected chi connectivity index (χ1v) is 10.2. The average Bonchev–Trinajstić information content (AvgIpc) is 3.11. The van der Waals surface area contributed by atoms with Gasteiger partial charge in [-0.1, -0.05) is 18.9 Å². The fourth-order valence-corrected chi connectivity index (χ4v) is 3.55. The third-order valence-electron chi connectivity index (χ3n) is 5.12. The second kappa shape index (κ2) is 12.8. The van der Waals surface area contributed by atoms with E-state index in [-0.39, 0.29) is 29.8 Å². The summed E-state index contributed by atoms with van der Waals surface area (Å²) in [5.74, 6) is 0.479. The van der Waals surface area contributed by atoms with E-state index in [0.717, 1.165) is 31.0 Å². The Balaban J connectivity index is 0.00000300. The molecule has 29 heavy (non-hydrogen) atoms. The van der Waals surface area contributed by atoms with Crippen LogP contribution in [0.5, 0.6) is 0 Å². The molecule has 3 rings (SSSR count). The van der Waals surface area contributed by atoms with Gasteiger partial charge in [0.1, 0.15) is 5.82 Å². The van der Waals surface area contributed by atoms with Crippen LogP contribution in [0.3, 0.4) is 0 Å². The van der Waals surface area contributed by atoms with Crippen LogP contribution in [0.25, 0.3) is 5.69 Å². The van der Waals surface area contributed by atoms with Gasteiger partial charge in [0.2, 0.25) is 0 Å². The highest BCUT2D eigenvalue weighted by molar-refractivity contribution is 14.0. The van der Waals surface area contributed by atoms with Crippen molar-refractivity contribution in [2.75, 3.05) is 33.2 Å². The molecule has 6 nitrogen and oxygen atoms in total. The number of benzene rings is 1. The number of guanidine groups is 1. The van der Waals surface area contributed by atoms with Crippen molar-refractivity contribution in [3.8, 4) is 5.69 Å². The maximum Gasteiger partial charge on any atom is 0.191 e.